The number of sulfonamides is 1. The van der Waals surface area contributed by atoms with Gasteiger partial charge >= 0.3 is 0 Å². The van der Waals surface area contributed by atoms with Crippen LogP contribution in [0.2, 0.25) is 0 Å². The molecule has 2 aromatic rings. The number of nitrogens with zero attached hydrogens (tertiary/aromatic N) is 2. The number of hydrogen-bond acceptors (Lipinski definition) is 7. The van der Waals surface area contributed by atoms with Gasteiger partial charge in [0.1, 0.15) is 0 Å². The fourth-order valence-corrected chi connectivity index (χ4v) is 3.77. The van der Waals surface area contributed by atoms with E-state index in [9.17, 15) is 8.42 Å². The van der Waals surface area contributed by atoms with Crippen molar-refractivity contribution in [1.82, 2.24) is 20.2 Å². The predicted octanol–water partition coefficient (Wildman–Crippen LogP) is 0.371. The molecule has 0 unspecified atom stereocenters. The molecule has 0 amide bonds. The Morgan fingerprint density at radius 3 is 3.00 bits per heavy atom. The Kier molecular flexibility index (Phi) is 4.64. The standard InChI is InChI=1S/C10H14N4O3S2/c1-11-5-8-4-9(6-18-8)19(15,16)14-3-2-10-12-7-13-17-10/h4,6-7,11,14H,2-3,5H2,1H3. The first kappa shape index (κ1) is 14.1. The van der Waals surface area contributed by atoms with Crippen LogP contribution in [0.1, 0.15) is 10.8 Å². The molecule has 0 aliphatic heterocycles. The van der Waals surface area contributed by atoms with Gasteiger partial charge in [-0.2, -0.15) is 4.98 Å². The number of nitrogens with one attached hydrogen (secondary N) is 2. The molecule has 19 heavy (non-hydrogen) atoms. The van der Waals surface area contributed by atoms with E-state index in [1.54, 1.807) is 11.4 Å². The summed E-state index contributed by atoms with van der Waals surface area (Å²) < 4.78 is 31.3. The summed E-state index contributed by atoms with van der Waals surface area (Å²) in [5.74, 6) is 0.406. The fraction of sp³-hybridized carbons (Fsp3) is 0.400. The highest BCUT2D eigenvalue weighted by Crippen LogP contribution is 2.18. The van der Waals surface area contributed by atoms with Crippen molar-refractivity contribution in [2.75, 3.05) is 13.6 Å². The maximum absolute atomic E-state index is 12.0. The summed E-state index contributed by atoms with van der Waals surface area (Å²) >= 11 is 1.41. The van der Waals surface area contributed by atoms with Crippen molar-refractivity contribution < 1.29 is 12.9 Å². The second kappa shape index (κ2) is 6.24. The first-order valence-electron chi connectivity index (χ1n) is 5.59. The van der Waals surface area contributed by atoms with Crippen molar-refractivity contribution in [2.45, 2.75) is 17.9 Å². The molecular weight excluding hydrogens is 288 g/mol. The summed E-state index contributed by atoms with van der Waals surface area (Å²) in [6.07, 6.45) is 1.65. The van der Waals surface area contributed by atoms with Crippen LogP contribution >= 0.6 is 11.3 Å². The molecule has 104 valence electrons. The molecule has 2 N–H and O–H groups in total. The number of hydrogen-bond donors (Lipinski definition) is 2. The largest absolute Gasteiger partial charge is 0.340 e. The third-order valence-electron chi connectivity index (χ3n) is 2.33. The smallest absolute Gasteiger partial charge is 0.241 e. The van der Waals surface area contributed by atoms with Gasteiger partial charge in [0, 0.05) is 29.8 Å². The van der Waals surface area contributed by atoms with Gasteiger partial charge in [-0.05, 0) is 13.1 Å². The minimum absolute atomic E-state index is 0.224. The molecule has 0 bridgehead atoms. The Morgan fingerprint density at radius 2 is 2.32 bits per heavy atom. The lowest BCUT2D eigenvalue weighted by molar-refractivity contribution is 0.377. The summed E-state index contributed by atoms with van der Waals surface area (Å²) in [6, 6.07) is 1.66. The molecule has 0 saturated carbocycles. The molecule has 7 nitrogen and oxygen atoms in total. The molecule has 0 atom stereocenters. The van der Waals surface area contributed by atoms with E-state index >= 15 is 0 Å². The Balaban J connectivity index is 1.93. The average Bonchev–Trinajstić information content (AvgIpc) is 3.00. The van der Waals surface area contributed by atoms with E-state index in [0.29, 0.717) is 18.9 Å². The fourth-order valence-electron chi connectivity index (χ4n) is 1.45. The second-order valence-electron chi connectivity index (χ2n) is 3.76. The Labute approximate surface area is 115 Å². The van der Waals surface area contributed by atoms with Crippen LogP contribution in [0.15, 0.2) is 27.2 Å². The molecular formula is C10H14N4O3S2. The molecule has 2 heterocycles. The van der Waals surface area contributed by atoms with E-state index in [1.807, 2.05) is 7.05 Å². The van der Waals surface area contributed by atoms with Crippen LogP contribution < -0.4 is 10.0 Å². The molecule has 0 saturated heterocycles. The predicted molar refractivity (Wildman–Crippen MR) is 70.3 cm³/mol. The average molecular weight is 302 g/mol. The topological polar surface area (TPSA) is 97.1 Å². The normalized spacial score (nSPS) is 11.8. The first-order valence-corrected chi connectivity index (χ1v) is 7.95. The van der Waals surface area contributed by atoms with Gasteiger partial charge in [-0.3, -0.25) is 0 Å². The van der Waals surface area contributed by atoms with Crippen molar-refractivity contribution in [1.29, 1.82) is 0 Å². The molecule has 0 fully saturated rings. The highest BCUT2D eigenvalue weighted by molar-refractivity contribution is 7.89. The van der Waals surface area contributed by atoms with Gasteiger partial charge in [0.05, 0.1) is 4.90 Å². The van der Waals surface area contributed by atoms with Crippen LogP contribution in [0.5, 0.6) is 0 Å². The number of rotatable bonds is 7. The zero-order valence-electron chi connectivity index (χ0n) is 10.3. The van der Waals surface area contributed by atoms with E-state index in [-0.39, 0.29) is 11.4 Å². The molecule has 0 aliphatic carbocycles. The Morgan fingerprint density at radius 1 is 1.47 bits per heavy atom. The number of aromatic nitrogens is 2. The van der Waals surface area contributed by atoms with Crippen LogP contribution in [0, 0.1) is 0 Å². The van der Waals surface area contributed by atoms with E-state index in [4.69, 9.17) is 4.52 Å². The van der Waals surface area contributed by atoms with Crippen LogP contribution in [-0.4, -0.2) is 32.2 Å². The zero-order chi connectivity index (χ0) is 13.7. The second-order valence-corrected chi connectivity index (χ2v) is 6.52. The van der Waals surface area contributed by atoms with Gasteiger partial charge in [-0.15, -0.1) is 11.3 Å². The van der Waals surface area contributed by atoms with Crippen LogP contribution in [0.25, 0.3) is 0 Å². The summed E-state index contributed by atoms with van der Waals surface area (Å²) in [7, 11) is -1.65. The number of thiophene rings is 1. The first-order chi connectivity index (χ1) is 9.12. The summed E-state index contributed by atoms with van der Waals surface area (Å²) in [4.78, 5) is 5.08. The van der Waals surface area contributed by atoms with Crippen LogP contribution in [-0.2, 0) is 23.0 Å². The summed E-state index contributed by atoms with van der Waals surface area (Å²) in [6.45, 7) is 0.879. The molecule has 9 heteroatoms. The quantitative estimate of drug-likeness (QED) is 0.767. The molecule has 0 aliphatic rings. The maximum atomic E-state index is 12.0. The Hall–Kier alpha value is -1.29. The van der Waals surface area contributed by atoms with Crippen molar-refractivity contribution in [3.05, 3.63) is 28.5 Å². The minimum atomic E-state index is -3.47. The zero-order valence-corrected chi connectivity index (χ0v) is 11.9. The van der Waals surface area contributed by atoms with Crippen molar-refractivity contribution in [2.24, 2.45) is 0 Å². The third kappa shape index (κ3) is 3.83. The Bertz CT molecular complexity index is 607. The van der Waals surface area contributed by atoms with Gasteiger partial charge < -0.3 is 9.84 Å². The van der Waals surface area contributed by atoms with E-state index in [0.717, 1.165) is 4.88 Å². The lowest BCUT2D eigenvalue weighted by atomic mass is 10.4. The van der Waals surface area contributed by atoms with Gasteiger partial charge in [-0.25, -0.2) is 13.1 Å². The van der Waals surface area contributed by atoms with Crippen LogP contribution in [0.4, 0.5) is 0 Å². The monoisotopic (exact) mass is 302 g/mol. The molecule has 2 aromatic heterocycles. The third-order valence-corrected chi connectivity index (χ3v) is 4.86. The molecule has 0 radical (unpaired) electrons. The van der Waals surface area contributed by atoms with E-state index < -0.39 is 10.0 Å². The van der Waals surface area contributed by atoms with Gasteiger partial charge in [-0.1, -0.05) is 5.16 Å². The van der Waals surface area contributed by atoms with E-state index in [1.165, 1.54) is 17.7 Å². The summed E-state index contributed by atoms with van der Waals surface area (Å²) in [5.41, 5.74) is 0. The minimum Gasteiger partial charge on any atom is -0.340 e. The van der Waals surface area contributed by atoms with Crippen molar-refractivity contribution >= 4 is 21.4 Å². The highest BCUT2D eigenvalue weighted by atomic mass is 32.2. The van der Waals surface area contributed by atoms with Gasteiger partial charge in [0.15, 0.2) is 6.33 Å². The van der Waals surface area contributed by atoms with Crippen molar-refractivity contribution in [3.8, 4) is 0 Å². The van der Waals surface area contributed by atoms with Gasteiger partial charge in [0.25, 0.3) is 0 Å². The van der Waals surface area contributed by atoms with E-state index in [2.05, 4.69) is 20.2 Å². The molecule has 2 rings (SSSR count). The molecule has 0 aromatic carbocycles. The lowest BCUT2D eigenvalue weighted by Gasteiger charge is -2.02. The highest BCUT2D eigenvalue weighted by Gasteiger charge is 2.15. The molecule has 0 spiro atoms. The summed E-state index contributed by atoms with van der Waals surface area (Å²) in [5, 5.41) is 8.06. The van der Waals surface area contributed by atoms with Gasteiger partial charge in [0.2, 0.25) is 15.9 Å². The lowest BCUT2D eigenvalue weighted by Crippen LogP contribution is -2.25. The SMILES string of the molecule is CNCc1cc(S(=O)(=O)NCCc2ncno2)cs1. The van der Waals surface area contributed by atoms with Crippen molar-refractivity contribution in [3.63, 3.8) is 0 Å². The van der Waals surface area contributed by atoms with Crippen LogP contribution in [0.3, 0.4) is 0 Å². The maximum Gasteiger partial charge on any atom is 0.241 e.